The summed E-state index contributed by atoms with van der Waals surface area (Å²) in [5.74, 6) is 1.48. The molecule has 0 aliphatic carbocycles. The van der Waals surface area contributed by atoms with Crippen molar-refractivity contribution in [2.45, 2.75) is 20.0 Å². The van der Waals surface area contributed by atoms with E-state index in [1.807, 2.05) is 19.9 Å². The second-order valence-corrected chi connectivity index (χ2v) is 4.76. The number of hydrogen-bond donors (Lipinski definition) is 1. The first-order valence-electron chi connectivity index (χ1n) is 5.19. The lowest BCUT2D eigenvalue weighted by atomic mass is 10.0. The zero-order valence-corrected chi connectivity index (χ0v) is 11.0. The van der Waals surface area contributed by atoms with Crippen molar-refractivity contribution in [2.24, 2.45) is 0 Å². The van der Waals surface area contributed by atoms with E-state index in [4.69, 9.17) is 27.6 Å². The highest BCUT2D eigenvalue weighted by atomic mass is 35.5. The fourth-order valence-electron chi connectivity index (χ4n) is 1.78. The maximum Gasteiger partial charge on any atom is 0.107 e. The smallest absolute Gasteiger partial charge is 0.107 e. The van der Waals surface area contributed by atoms with Gasteiger partial charge in [-0.25, -0.2) is 0 Å². The number of aliphatic hydroxyl groups is 1. The molecule has 0 fully saturated rings. The molecule has 0 saturated heterocycles. The average molecular weight is 271 g/mol. The molecule has 2 aromatic rings. The van der Waals surface area contributed by atoms with E-state index >= 15 is 0 Å². The summed E-state index contributed by atoms with van der Waals surface area (Å²) in [5, 5.41) is 11.1. The Kier molecular flexibility index (Phi) is 3.48. The van der Waals surface area contributed by atoms with Gasteiger partial charge in [0.05, 0.1) is 10.0 Å². The minimum absolute atomic E-state index is 0.432. The first kappa shape index (κ1) is 12.5. The highest BCUT2D eigenvalue weighted by Crippen LogP contribution is 2.31. The largest absolute Gasteiger partial charge is 0.466 e. The van der Waals surface area contributed by atoms with Crippen LogP contribution < -0.4 is 0 Å². The molecule has 2 nitrogen and oxygen atoms in total. The molecule has 0 amide bonds. The Hall–Kier alpha value is -0.960. The third kappa shape index (κ3) is 2.49. The fraction of sp³-hybridized carbons (Fsp3) is 0.231. The molecule has 0 aliphatic rings. The van der Waals surface area contributed by atoms with Crippen molar-refractivity contribution in [1.82, 2.24) is 0 Å². The molecule has 0 saturated carbocycles. The van der Waals surface area contributed by atoms with Crippen molar-refractivity contribution < 1.29 is 9.52 Å². The van der Waals surface area contributed by atoms with Crippen LogP contribution in [0.25, 0.3) is 0 Å². The van der Waals surface area contributed by atoms with Crippen LogP contribution in [0.2, 0.25) is 10.0 Å². The van der Waals surface area contributed by atoms with Gasteiger partial charge in [0.2, 0.25) is 0 Å². The van der Waals surface area contributed by atoms with E-state index in [-0.39, 0.29) is 0 Å². The van der Waals surface area contributed by atoms with Crippen LogP contribution in [0.1, 0.15) is 28.8 Å². The zero-order valence-electron chi connectivity index (χ0n) is 9.50. The quantitative estimate of drug-likeness (QED) is 0.884. The summed E-state index contributed by atoms with van der Waals surface area (Å²) < 4.78 is 5.39. The third-order valence-electron chi connectivity index (χ3n) is 2.63. The van der Waals surface area contributed by atoms with Crippen LogP contribution in [-0.4, -0.2) is 5.11 Å². The van der Waals surface area contributed by atoms with E-state index in [9.17, 15) is 5.11 Å². The Balaban J connectivity index is 2.40. The van der Waals surface area contributed by atoms with Gasteiger partial charge in [0.15, 0.2) is 0 Å². The van der Waals surface area contributed by atoms with Gasteiger partial charge in [0.25, 0.3) is 0 Å². The standard InChI is InChI=1S/C13H12Cl2O2/c1-7-5-10(8(2)17-7)13(16)9-3-4-11(14)12(15)6-9/h3-6,13,16H,1-2H3. The molecule has 4 heteroatoms. The molecule has 0 spiro atoms. The molecule has 0 radical (unpaired) electrons. The van der Waals surface area contributed by atoms with Gasteiger partial charge in [0, 0.05) is 5.56 Å². The van der Waals surface area contributed by atoms with Gasteiger partial charge in [-0.05, 0) is 37.6 Å². The summed E-state index contributed by atoms with van der Waals surface area (Å²) in [6, 6.07) is 6.91. The van der Waals surface area contributed by atoms with Gasteiger partial charge in [0.1, 0.15) is 17.6 Å². The van der Waals surface area contributed by atoms with Gasteiger partial charge in [-0.1, -0.05) is 29.3 Å². The van der Waals surface area contributed by atoms with Crippen molar-refractivity contribution in [2.75, 3.05) is 0 Å². The van der Waals surface area contributed by atoms with Crippen LogP contribution >= 0.6 is 23.2 Å². The Morgan fingerprint density at radius 3 is 2.35 bits per heavy atom. The van der Waals surface area contributed by atoms with Gasteiger partial charge in [-0.2, -0.15) is 0 Å². The second-order valence-electron chi connectivity index (χ2n) is 3.94. The maximum atomic E-state index is 10.2. The summed E-state index contributed by atoms with van der Waals surface area (Å²) in [4.78, 5) is 0. The van der Waals surface area contributed by atoms with Crippen LogP contribution in [-0.2, 0) is 0 Å². The average Bonchev–Trinajstić information content (AvgIpc) is 2.61. The van der Waals surface area contributed by atoms with Gasteiger partial charge in [-0.15, -0.1) is 0 Å². The van der Waals surface area contributed by atoms with Crippen molar-refractivity contribution in [3.8, 4) is 0 Å². The summed E-state index contributed by atoms with van der Waals surface area (Å²) in [6.45, 7) is 3.67. The van der Waals surface area contributed by atoms with Crippen LogP contribution in [0.5, 0.6) is 0 Å². The Bertz CT molecular complexity index is 546. The maximum absolute atomic E-state index is 10.2. The normalized spacial score (nSPS) is 12.8. The molecule has 2 rings (SSSR count). The molecule has 1 N–H and O–H groups in total. The predicted molar refractivity (Wildman–Crippen MR) is 68.7 cm³/mol. The van der Waals surface area contributed by atoms with E-state index in [0.29, 0.717) is 21.4 Å². The molecule has 1 atom stereocenters. The van der Waals surface area contributed by atoms with Crippen molar-refractivity contribution >= 4 is 23.2 Å². The molecule has 1 unspecified atom stereocenters. The molecule has 0 aliphatic heterocycles. The van der Waals surface area contributed by atoms with Crippen molar-refractivity contribution in [1.29, 1.82) is 0 Å². The molecule has 90 valence electrons. The molecule has 1 aromatic carbocycles. The Morgan fingerprint density at radius 2 is 1.82 bits per heavy atom. The highest BCUT2D eigenvalue weighted by molar-refractivity contribution is 6.42. The SMILES string of the molecule is Cc1cc(C(O)c2ccc(Cl)c(Cl)c2)c(C)o1. The highest BCUT2D eigenvalue weighted by Gasteiger charge is 2.17. The van der Waals surface area contributed by atoms with Crippen molar-refractivity contribution in [3.63, 3.8) is 0 Å². The van der Waals surface area contributed by atoms with E-state index in [1.165, 1.54) is 0 Å². The lowest BCUT2D eigenvalue weighted by Gasteiger charge is -2.10. The molecule has 0 bridgehead atoms. The number of furan rings is 1. The third-order valence-corrected chi connectivity index (χ3v) is 3.37. The van der Waals surface area contributed by atoms with E-state index < -0.39 is 6.10 Å². The van der Waals surface area contributed by atoms with Crippen LogP contribution in [0.4, 0.5) is 0 Å². The number of halogens is 2. The van der Waals surface area contributed by atoms with Gasteiger partial charge < -0.3 is 9.52 Å². The number of benzene rings is 1. The fourth-order valence-corrected chi connectivity index (χ4v) is 2.09. The summed E-state index contributed by atoms with van der Waals surface area (Å²) in [7, 11) is 0. The Morgan fingerprint density at radius 1 is 1.12 bits per heavy atom. The topological polar surface area (TPSA) is 33.4 Å². The number of aliphatic hydroxyl groups excluding tert-OH is 1. The lowest BCUT2D eigenvalue weighted by Crippen LogP contribution is -1.99. The summed E-state index contributed by atoms with van der Waals surface area (Å²) in [5.41, 5.74) is 1.45. The lowest BCUT2D eigenvalue weighted by molar-refractivity contribution is 0.218. The molecular formula is C13H12Cl2O2. The van der Waals surface area contributed by atoms with Crippen LogP contribution in [0.3, 0.4) is 0 Å². The first-order chi connectivity index (χ1) is 7.99. The molecule has 1 aromatic heterocycles. The minimum atomic E-state index is -0.748. The van der Waals surface area contributed by atoms with E-state index in [1.54, 1.807) is 18.2 Å². The zero-order chi connectivity index (χ0) is 12.6. The summed E-state index contributed by atoms with van der Waals surface area (Å²) >= 11 is 11.8. The Labute approximate surface area is 110 Å². The second kappa shape index (κ2) is 4.73. The predicted octanol–water partition coefficient (Wildman–Crippen LogP) is 4.28. The molecule has 1 heterocycles. The monoisotopic (exact) mass is 270 g/mol. The first-order valence-corrected chi connectivity index (χ1v) is 5.94. The van der Waals surface area contributed by atoms with Crippen LogP contribution in [0, 0.1) is 13.8 Å². The molecule has 17 heavy (non-hydrogen) atoms. The summed E-state index contributed by atoms with van der Waals surface area (Å²) in [6.07, 6.45) is -0.748. The van der Waals surface area contributed by atoms with E-state index in [0.717, 1.165) is 11.3 Å². The van der Waals surface area contributed by atoms with Crippen molar-refractivity contribution in [3.05, 3.63) is 57.0 Å². The minimum Gasteiger partial charge on any atom is -0.466 e. The number of hydrogen-bond acceptors (Lipinski definition) is 2. The van der Waals surface area contributed by atoms with Gasteiger partial charge >= 0.3 is 0 Å². The van der Waals surface area contributed by atoms with E-state index in [2.05, 4.69) is 0 Å². The number of aryl methyl sites for hydroxylation is 2. The van der Waals surface area contributed by atoms with Gasteiger partial charge in [-0.3, -0.25) is 0 Å². The van der Waals surface area contributed by atoms with Crippen LogP contribution in [0.15, 0.2) is 28.7 Å². The molecular weight excluding hydrogens is 259 g/mol. The number of rotatable bonds is 2.